The average Bonchev–Trinajstić information content (AvgIpc) is 3.03. The minimum absolute atomic E-state index is 0.176. The van der Waals surface area contributed by atoms with Gasteiger partial charge in [-0.25, -0.2) is 4.98 Å². The molecular formula is C16H12ClN3OS. The minimum atomic E-state index is -0.176. The molecule has 3 rings (SSSR count). The van der Waals surface area contributed by atoms with Crippen LogP contribution >= 0.6 is 22.9 Å². The van der Waals surface area contributed by atoms with Crippen molar-refractivity contribution >= 4 is 45.4 Å². The summed E-state index contributed by atoms with van der Waals surface area (Å²) in [5.41, 5.74) is 2.09. The number of rotatable bonds is 4. The van der Waals surface area contributed by atoms with Crippen LogP contribution in [-0.2, 0) is 0 Å². The number of aromatic nitrogens is 1. The molecule has 0 aliphatic carbocycles. The Morgan fingerprint density at radius 3 is 2.64 bits per heavy atom. The molecule has 0 spiro atoms. The van der Waals surface area contributed by atoms with Gasteiger partial charge >= 0.3 is 0 Å². The number of carbonyl (C=O) groups excluding carboxylic acids is 1. The summed E-state index contributed by atoms with van der Waals surface area (Å²) in [5.74, 6) is -0.176. The van der Waals surface area contributed by atoms with Crippen LogP contribution in [0.5, 0.6) is 0 Å². The number of carbonyl (C=O) groups is 1. The highest BCUT2D eigenvalue weighted by atomic mass is 35.5. The highest BCUT2D eigenvalue weighted by Crippen LogP contribution is 2.20. The largest absolute Gasteiger partial charge is 0.332 e. The molecule has 3 aromatic rings. The van der Waals surface area contributed by atoms with Gasteiger partial charge < -0.3 is 10.6 Å². The molecule has 0 saturated heterocycles. The van der Waals surface area contributed by atoms with E-state index in [1.165, 1.54) is 11.3 Å². The lowest BCUT2D eigenvalue weighted by atomic mass is 10.2. The fourth-order valence-corrected chi connectivity index (χ4v) is 2.56. The molecule has 0 atom stereocenters. The smallest absolute Gasteiger partial charge is 0.255 e. The maximum absolute atomic E-state index is 12.3. The van der Waals surface area contributed by atoms with E-state index >= 15 is 0 Å². The Balaban J connectivity index is 1.73. The van der Waals surface area contributed by atoms with Crippen LogP contribution in [0, 0.1) is 0 Å². The second kappa shape index (κ2) is 6.60. The van der Waals surface area contributed by atoms with Crippen molar-refractivity contribution in [2.24, 2.45) is 0 Å². The Kier molecular flexibility index (Phi) is 4.37. The normalized spacial score (nSPS) is 10.2. The summed E-state index contributed by atoms with van der Waals surface area (Å²) < 4.78 is 0. The van der Waals surface area contributed by atoms with Gasteiger partial charge in [0.1, 0.15) is 0 Å². The number of anilines is 3. The molecule has 1 heterocycles. The first-order valence-corrected chi connectivity index (χ1v) is 7.80. The van der Waals surface area contributed by atoms with Crippen molar-refractivity contribution in [3.05, 3.63) is 70.7 Å². The zero-order valence-electron chi connectivity index (χ0n) is 11.4. The third-order valence-electron chi connectivity index (χ3n) is 2.91. The van der Waals surface area contributed by atoms with E-state index in [-0.39, 0.29) is 5.91 Å². The lowest BCUT2D eigenvalue weighted by molar-refractivity contribution is 0.102. The molecule has 2 aromatic carbocycles. The summed E-state index contributed by atoms with van der Waals surface area (Å²) in [6.45, 7) is 0. The standard InChI is InChI=1S/C16H12ClN3OS/c17-12-4-6-13(7-5-12)19-15(21)11-2-1-3-14(10-11)20-16-18-8-9-22-16/h1-10H,(H,18,20)(H,19,21). The highest BCUT2D eigenvalue weighted by molar-refractivity contribution is 7.13. The molecule has 0 unspecified atom stereocenters. The second-order valence-electron chi connectivity index (χ2n) is 4.50. The number of nitrogens with zero attached hydrogens (tertiary/aromatic N) is 1. The lowest BCUT2D eigenvalue weighted by Gasteiger charge is -2.07. The van der Waals surface area contributed by atoms with Crippen LogP contribution in [0.1, 0.15) is 10.4 Å². The van der Waals surface area contributed by atoms with Gasteiger partial charge in [0.15, 0.2) is 5.13 Å². The number of hydrogen-bond acceptors (Lipinski definition) is 4. The molecule has 0 aliphatic rings. The summed E-state index contributed by atoms with van der Waals surface area (Å²) >= 11 is 7.33. The predicted molar refractivity (Wildman–Crippen MR) is 91.2 cm³/mol. The molecule has 0 saturated carbocycles. The monoisotopic (exact) mass is 329 g/mol. The first kappa shape index (κ1) is 14.6. The van der Waals surface area contributed by atoms with Crippen LogP contribution in [0.3, 0.4) is 0 Å². The van der Waals surface area contributed by atoms with E-state index < -0.39 is 0 Å². The molecule has 1 amide bonds. The van der Waals surface area contributed by atoms with Crippen molar-refractivity contribution in [2.75, 3.05) is 10.6 Å². The number of thiazole rings is 1. The molecule has 0 radical (unpaired) electrons. The zero-order chi connectivity index (χ0) is 15.4. The number of amides is 1. The van der Waals surface area contributed by atoms with E-state index in [0.29, 0.717) is 16.3 Å². The fourth-order valence-electron chi connectivity index (χ4n) is 1.88. The predicted octanol–water partition coefficient (Wildman–Crippen LogP) is 4.79. The number of benzene rings is 2. The molecule has 110 valence electrons. The molecule has 0 aliphatic heterocycles. The van der Waals surface area contributed by atoms with Crippen LogP contribution in [0.15, 0.2) is 60.1 Å². The summed E-state index contributed by atoms with van der Waals surface area (Å²) in [4.78, 5) is 16.4. The molecule has 0 fully saturated rings. The van der Waals surface area contributed by atoms with Crippen molar-refractivity contribution in [1.82, 2.24) is 4.98 Å². The highest BCUT2D eigenvalue weighted by Gasteiger charge is 2.07. The average molecular weight is 330 g/mol. The Bertz CT molecular complexity index is 772. The minimum Gasteiger partial charge on any atom is -0.332 e. The number of nitrogens with one attached hydrogen (secondary N) is 2. The SMILES string of the molecule is O=C(Nc1ccc(Cl)cc1)c1cccc(Nc2nccs2)c1. The van der Waals surface area contributed by atoms with E-state index in [2.05, 4.69) is 15.6 Å². The van der Waals surface area contributed by atoms with Gasteiger partial charge in [0.25, 0.3) is 5.91 Å². The van der Waals surface area contributed by atoms with Crippen molar-refractivity contribution in [2.45, 2.75) is 0 Å². The molecule has 0 bridgehead atoms. The van der Waals surface area contributed by atoms with E-state index in [1.807, 2.05) is 17.5 Å². The molecule has 2 N–H and O–H groups in total. The van der Waals surface area contributed by atoms with Gasteiger partial charge in [-0.3, -0.25) is 4.79 Å². The van der Waals surface area contributed by atoms with Gasteiger partial charge in [0.05, 0.1) is 0 Å². The maximum Gasteiger partial charge on any atom is 0.255 e. The Morgan fingerprint density at radius 2 is 1.91 bits per heavy atom. The summed E-state index contributed by atoms with van der Waals surface area (Å²) in [6.07, 6.45) is 1.73. The molecule has 22 heavy (non-hydrogen) atoms. The third-order valence-corrected chi connectivity index (χ3v) is 3.85. The maximum atomic E-state index is 12.3. The Labute approximate surface area is 136 Å². The lowest BCUT2D eigenvalue weighted by Crippen LogP contribution is -2.11. The van der Waals surface area contributed by atoms with Crippen LogP contribution < -0.4 is 10.6 Å². The number of halogens is 1. The topological polar surface area (TPSA) is 54.0 Å². The quantitative estimate of drug-likeness (QED) is 0.723. The Morgan fingerprint density at radius 1 is 1.09 bits per heavy atom. The van der Waals surface area contributed by atoms with Gasteiger partial charge in [0.2, 0.25) is 0 Å². The molecular weight excluding hydrogens is 318 g/mol. The first-order valence-electron chi connectivity index (χ1n) is 6.54. The summed E-state index contributed by atoms with van der Waals surface area (Å²) in [5, 5.41) is 9.30. The van der Waals surface area contributed by atoms with Crippen molar-refractivity contribution in [1.29, 1.82) is 0 Å². The molecule has 4 nitrogen and oxygen atoms in total. The fraction of sp³-hybridized carbons (Fsp3) is 0. The Hall–Kier alpha value is -2.37. The molecule has 6 heteroatoms. The molecule has 1 aromatic heterocycles. The van der Waals surface area contributed by atoms with E-state index in [9.17, 15) is 4.79 Å². The summed E-state index contributed by atoms with van der Waals surface area (Å²) in [6, 6.07) is 14.3. The van der Waals surface area contributed by atoms with E-state index in [4.69, 9.17) is 11.6 Å². The van der Waals surface area contributed by atoms with Gasteiger partial charge in [-0.2, -0.15) is 0 Å². The van der Waals surface area contributed by atoms with E-state index in [1.54, 1.807) is 42.6 Å². The second-order valence-corrected chi connectivity index (χ2v) is 5.84. The van der Waals surface area contributed by atoms with E-state index in [0.717, 1.165) is 10.8 Å². The van der Waals surface area contributed by atoms with Gasteiger partial charge in [-0.15, -0.1) is 11.3 Å². The zero-order valence-corrected chi connectivity index (χ0v) is 13.0. The van der Waals surface area contributed by atoms with Crippen LogP contribution in [-0.4, -0.2) is 10.9 Å². The van der Waals surface area contributed by atoms with Gasteiger partial charge in [-0.1, -0.05) is 17.7 Å². The van der Waals surface area contributed by atoms with Crippen LogP contribution in [0.4, 0.5) is 16.5 Å². The summed E-state index contributed by atoms with van der Waals surface area (Å²) in [7, 11) is 0. The van der Waals surface area contributed by atoms with Gasteiger partial charge in [-0.05, 0) is 42.5 Å². The van der Waals surface area contributed by atoms with Crippen LogP contribution in [0.25, 0.3) is 0 Å². The third kappa shape index (κ3) is 3.63. The van der Waals surface area contributed by atoms with Crippen molar-refractivity contribution in [3.63, 3.8) is 0 Å². The number of hydrogen-bond donors (Lipinski definition) is 2. The van der Waals surface area contributed by atoms with Crippen molar-refractivity contribution < 1.29 is 4.79 Å². The van der Waals surface area contributed by atoms with Crippen LogP contribution in [0.2, 0.25) is 5.02 Å². The first-order chi connectivity index (χ1) is 10.7. The van der Waals surface area contributed by atoms with Gasteiger partial charge in [0, 0.05) is 33.5 Å². The van der Waals surface area contributed by atoms with Crippen molar-refractivity contribution in [3.8, 4) is 0 Å².